The maximum Gasteiger partial charge on any atom is 0.125 e. The van der Waals surface area contributed by atoms with Gasteiger partial charge in [-0.15, -0.1) is 0 Å². The third-order valence-electron chi connectivity index (χ3n) is 3.49. The van der Waals surface area contributed by atoms with Crippen molar-refractivity contribution in [3.05, 3.63) is 47.3 Å². The lowest BCUT2D eigenvalue weighted by Gasteiger charge is -2.14. The number of halogens is 1. The van der Waals surface area contributed by atoms with Crippen LogP contribution in [0, 0.1) is 5.82 Å². The number of benzene rings is 1. The minimum absolute atomic E-state index is 0.244. The normalized spacial score (nSPS) is 14.6. The van der Waals surface area contributed by atoms with E-state index in [4.69, 9.17) is 5.73 Å². The van der Waals surface area contributed by atoms with Gasteiger partial charge in [0.2, 0.25) is 0 Å². The standard InChI is InChI=1S/C14H16FN3/c15-11-5-10(8-16)6-12(7-11)18-9-17-13-3-1-2-4-14(13)18/h5-7,9H,1-4,8,16H2. The summed E-state index contributed by atoms with van der Waals surface area (Å²) in [6.45, 7) is 0.349. The number of rotatable bonds is 2. The molecular weight excluding hydrogens is 229 g/mol. The zero-order valence-electron chi connectivity index (χ0n) is 10.2. The second-order valence-corrected chi connectivity index (χ2v) is 4.74. The molecule has 0 amide bonds. The van der Waals surface area contributed by atoms with Crippen molar-refractivity contribution in [2.75, 3.05) is 0 Å². The summed E-state index contributed by atoms with van der Waals surface area (Å²) in [5.74, 6) is -0.244. The van der Waals surface area contributed by atoms with Gasteiger partial charge in [0.05, 0.1) is 12.0 Å². The lowest BCUT2D eigenvalue weighted by Crippen LogP contribution is -2.08. The molecule has 2 aromatic rings. The van der Waals surface area contributed by atoms with Gasteiger partial charge in [-0.05, 0) is 49.4 Å². The molecule has 0 radical (unpaired) electrons. The summed E-state index contributed by atoms with van der Waals surface area (Å²) in [5, 5.41) is 0. The molecule has 0 atom stereocenters. The molecule has 94 valence electrons. The number of aryl methyl sites for hydroxylation is 1. The van der Waals surface area contributed by atoms with E-state index in [0.29, 0.717) is 6.54 Å². The first-order valence-electron chi connectivity index (χ1n) is 6.33. The number of fused-ring (bicyclic) bond motifs is 1. The van der Waals surface area contributed by atoms with Crippen LogP contribution in [-0.2, 0) is 19.4 Å². The Morgan fingerprint density at radius 2 is 2.06 bits per heavy atom. The minimum atomic E-state index is -0.244. The topological polar surface area (TPSA) is 43.8 Å². The second kappa shape index (κ2) is 4.53. The van der Waals surface area contributed by atoms with E-state index in [1.54, 1.807) is 6.33 Å². The fourth-order valence-corrected chi connectivity index (χ4v) is 2.58. The van der Waals surface area contributed by atoms with E-state index in [2.05, 4.69) is 4.98 Å². The van der Waals surface area contributed by atoms with Crippen LogP contribution in [0.4, 0.5) is 4.39 Å². The molecule has 18 heavy (non-hydrogen) atoms. The van der Waals surface area contributed by atoms with Crippen molar-refractivity contribution in [2.24, 2.45) is 5.73 Å². The Morgan fingerprint density at radius 3 is 2.89 bits per heavy atom. The fourth-order valence-electron chi connectivity index (χ4n) is 2.58. The highest BCUT2D eigenvalue weighted by atomic mass is 19.1. The van der Waals surface area contributed by atoms with E-state index in [1.165, 1.54) is 30.7 Å². The molecule has 1 aliphatic rings. The summed E-state index contributed by atoms with van der Waals surface area (Å²) < 4.78 is 15.5. The molecule has 0 saturated carbocycles. The molecule has 1 heterocycles. The maximum atomic E-state index is 13.5. The van der Waals surface area contributed by atoms with Crippen molar-refractivity contribution in [3.8, 4) is 5.69 Å². The van der Waals surface area contributed by atoms with Gasteiger partial charge in [-0.2, -0.15) is 0 Å². The zero-order valence-corrected chi connectivity index (χ0v) is 10.2. The Balaban J connectivity index is 2.09. The average Bonchev–Trinajstić information content (AvgIpc) is 2.81. The van der Waals surface area contributed by atoms with Gasteiger partial charge in [-0.25, -0.2) is 9.37 Å². The van der Waals surface area contributed by atoms with E-state index in [-0.39, 0.29) is 5.82 Å². The highest BCUT2D eigenvalue weighted by Gasteiger charge is 2.16. The van der Waals surface area contributed by atoms with E-state index in [1.807, 2.05) is 10.6 Å². The van der Waals surface area contributed by atoms with Crippen molar-refractivity contribution in [3.63, 3.8) is 0 Å². The molecule has 4 heteroatoms. The predicted octanol–water partition coefficient (Wildman–Crippen LogP) is 2.35. The number of nitrogens with two attached hydrogens (primary N) is 1. The van der Waals surface area contributed by atoms with Gasteiger partial charge >= 0.3 is 0 Å². The van der Waals surface area contributed by atoms with Gasteiger partial charge in [0.15, 0.2) is 0 Å². The largest absolute Gasteiger partial charge is 0.326 e. The molecule has 0 fully saturated rings. The molecule has 3 nitrogen and oxygen atoms in total. The molecule has 0 unspecified atom stereocenters. The Hall–Kier alpha value is -1.68. The van der Waals surface area contributed by atoms with Crippen molar-refractivity contribution in [1.29, 1.82) is 0 Å². The van der Waals surface area contributed by atoms with Crippen LogP contribution in [0.15, 0.2) is 24.5 Å². The summed E-state index contributed by atoms with van der Waals surface area (Å²) in [7, 11) is 0. The SMILES string of the molecule is NCc1cc(F)cc(-n2cnc3c2CCCC3)c1. The molecule has 2 N–H and O–H groups in total. The second-order valence-electron chi connectivity index (χ2n) is 4.74. The monoisotopic (exact) mass is 245 g/mol. The molecule has 1 aromatic heterocycles. The van der Waals surface area contributed by atoms with Crippen LogP contribution in [0.1, 0.15) is 29.8 Å². The Kier molecular flexibility index (Phi) is 2.88. The van der Waals surface area contributed by atoms with Crippen molar-refractivity contribution < 1.29 is 4.39 Å². The van der Waals surface area contributed by atoms with Crippen molar-refractivity contribution >= 4 is 0 Å². The van der Waals surface area contributed by atoms with Gasteiger partial charge in [-0.3, -0.25) is 0 Å². The number of aromatic nitrogens is 2. The number of hydrogen-bond donors (Lipinski definition) is 1. The van der Waals surface area contributed by atoms with Gasteiger partial charge in [0, 0.05) is 17.9 Å². The molecule has 1 aromatic carbocycles. The average molecular weight is 245 g/mol. The first kappa shape index (κ1) is 11.4. The van der Waals surface area contributed by atoms with Crippen LogP contribution >= 0.6 is 0 Å². The number of imidazole rings is 1. The number of hydrogen-bond acceptors (Lipinski definition) is 2. The first-order valence-corrected chi connectivity index (χ1v) is 6.33. The van der Waals surface area contributed by atoms with E-state index >= 15 is 0 Å². The molecule has 0 bridgehead atoms. The van der Waals surface area contributed by atoms with Gasteiger partial charge in [0.25, 0.3) is 0 Å². The summed E-state index contributed by atoms with van der Waals surface area (Å²) in [6.07, 6.45) is 6.22. The Morgan fingerprint density at radius 1 is 1.22 bits per heavy atom. The molecular formula is C14H16FN3. The summed E-state index contributed by atoms with van der Waals surface area (Å²) in [6, 6.07) is 4.95. The van der Waals surface area contributed by atoms with Gasteiger partial charge in [-0.1, -0.05) is 0 Å². The lowest BCUT2D eigenvalue weighted by molar-refractivity contribution is 0.622. The predicted molar refractivity (Wildman–Crippen MR) is 68.1 cm³/mol. The van der Waals surface area contributed by atoms with Crippen LogP contribution in [-0.4, -0.2) is 9.55 Å². The van der Waals surface area contributed by atoms with Crippen LogP contribution < -0.4 is 5.73 Å². The molecule has 0 saturated heterocycles. The Bertz CT molecular complexity index is 574. The van der Waals surface area contributed by atoms with E-state index < -0.39 is 0 Å². The van der Waals surface area contributed by atoms with Crippen LogP contribution in [0.2, 0.25) is 0 Å². The summed E-state index contributed by atoms with van der Waals surface area (Å²) in [5.41, 5.74) is 9.59. The zero-order chi connectivity index (χ0) is 12.5. The van der Waals surface area contributed by atoms with Crippen LogP contribution in [0.3, 0.4) is 0 Å². The van der Waals surface area contributed by atoms with Gasteiger partial charge in [0.1, 0.15) is 5.82 Å². The smallest absolute Gasteiger partial charge is 0.125 e. The first-order chi connectivity index (χ1) is 8.78. The van der Waals surface area contributed by atoms with Crippen molar-refractivity contribution in [2.45, 2.75) is 32.2 Å². The highest BCUT2D eigenvalue weighted by Crippen LogP contribution is 2.24. The summed E-state index contributed by atoms with van der Waals surface area (Å²) in [4.78, 5) is 4.43. The molecule has 1 aliphatic carbocycles. The van der Waals surface area contributed by atoms with Crippen molar-refractivity contribution in [1.82, 2.24) is 9.55 Å². The van der Waals surface area contributed by atoms with E-state index in [9.17, 15) is 4.39 Å². The number of nitrogens with zero attached hydrogens (tertiary/aromatic N) is 2. The maximum absolute atomic E-state index is 13.5. The lowest BCUT2D eigenvalue weighted by atomic mass is 10.0. The highest BCUT2D eigenvalue weighted by molar-refractivity contribution is 5.39. The minimum Gasteiger partial charge on any atom is -0.326 e. The molecule has 0 aliphatic heterocycles. The fraction of sp³-hybridized carbons (Fsp3) is 0.357. The van der Waals surface area contributed by atoms with Gasteiger partial charge < -0.3 is 10.3 Å². The molecule has 0 spiro atoms. The van der Waals surface area contributed by atoms with Crippen LogP contribution in [0.25, 0.3) is 5.69 Å². The Labute approximate surface area is 105 Å². The third-order valence-corrected chi connectivity index (χ3v) is 3.49. The third kappa shape index (κ3) is 1.93. The van der Waals surface area contributed by atoms with Crippen LogP contribution in [0.5, 0.6) is 0 Å². The summed E-state index contributed by atoms with van der Waals surface area (Å²) >= 11 is 0. The quantitative estimate of drug-likeness (QED) is 0.882. The van der Waals surface area contributed by atoms with E-state index in [0.717, 1.165) is 29.8 Å². The molecule has 3 rings (SSSR count).